The molecule has 33 heavy (non-hydrogen) atoms. The van der Waals surface area contributed by atoms with Crippen LogP contribution in [0.25, 0.3) is 0 Å². The standard InChI is InChI=1S/C30H60O3/c1-3-4-5-6-7-8-9-10-11-12-13-14-15-16-17-18-19-20-21-22-23-24-26-29(31)27-25-28-30(32)33-2/h29,31H,3-28H2,1-2H3/t29-/m0/s1. The lowest BCUT2D eigenvalue weighted by molar-refractivity contribution is -0.140. The Hall–Kier alpha value is -0.570. The summed E-state index contributed by atoms with van der Waals surface area (Å²) in [6.07, 6.45) is 33.3. The minimum atomic E-state index is -0.250. The van der Waals surface area contributed by atoms with Crippen molar-refractivity contribution in [1.29, 1.82) is 0 Å². The number of hydrogen-bond acceptors (Lipinski definition) is 3. The molecule has 0 aliphatic carbocycles. The fourth-order valence-electron chi connectivity index (χ4n) is 4.72. The zero-order valence-electron chi connectivity index (χ0n) is 22.7. The van der Waals surface area contributed by atoms with Crippen molar-refractivity contribution in [3.8, 4) is 0 Å². The number of aliphatic hydroxyl groups is 1. The van der Waals surface area contributed by atoms with Crippen molar-refractivity contribution < 1.29 is 14.6 Å². The molecule has 0 aromatic heterocycles. The maximum atomic E-state index is 11.1. The summed E-state index contributed by atoms with van der Waals surface area (Å²) in [5.41, 5.74) is 0. The van der Waals surface area contributed by atoms with Crippen LogP contribution in [-0.2, 0) is 9.53 Å². The summed E-state index contributed by atoms with van der Waals surface area (Å²) >= 11 is 0. The number of ether oxygens (including phenoxy) is 1. The molecule has 0 aliphatic heterocycles. The van der Waals surface area contributed by atoms with E-state index in [0.29, 0.717) is 12.8 Å². The minimum absolute atomic E-state index is 0.174. The molecular formula is C30H60O3. The first-order valence-corrected chi connectivity index (χ1v) is 15.0. The van der Waals surface area contributed by atoms with Gasteiger partial charge in [-0.05, 0) is 19.3 Å². The second kappa shape index (κ2) is 27.7. The highest BCUT2D eigenvalue weighted by Gasteiger charge is 2.06. The van der Waals surface area contributed by atoms with Crippen molar-refractivity contribution in [1.82, 2.24) is 0 Å². The van der Waals surface area contributed by atoms with E-state index in [1.807, 2.05) is 0 Å². The third-order valence-corrected chi connectivity index (χ3v) is 7.04. The molecule has 0 saturated heterocycles. The molecule has 1 N–H and O–H groups in total. The molecule has 0 amide bonds. The molecule has 0 radical (unpaired) electrons. The summed E-state index contributed by atoms with van der Waals surface area (Å²) in [6, 6.07) is 0. The molecule has 0 aromatic rings. The molecule has 3 nitrogen and oxygen atoms in total. The molecule has 0 rings (SSSR count). The molecule has 0 bridgehead atoms. The molecule has 0 unspecified atom stereocenters. The number of aliphatic hydroxyl groups excluding tert-OH is 1. The molecular weight excluding hydrogens is 408 g/mol. The first-order valence-electron chi connectivity index (χ1n) is 15.0. The third kappa shape index (κ3) is 27.6. The smallest absolute Gasteiger partial charge is 0.305 e. The van der Waals surface area contributed by atoms with Crippen LogP contribution in [0, 0.1) is 0 Å². The second-order valence-electron chi connectivity index (χ2n) is 10.3. The van der Waals surface area contributed by atoms with Crippen LogP contribution in [0.4, 0.5) is 0 Å². The van der Waals surface area contributed by atoms with Gasteiger partial charge in [0.05, 0.1) is 13.2 Å². The van der Waals surface area contributed by atoms with Crippen LogP contribution in [-0.4, -0.2) is 24.3 Å². The Morgan fingerprint density at radius 2 is 0.848 bits per heavy atom. The highest BCUT2D eigenvalue weighted by molar-refractivity contribution is 5.68. The van der Waals surface area contributed by atoms with Crippen LogP contribution >= 0.6 is 0 Å². The lowest BCUT2D eigenvalue weighted by atomic mass is 10.0. The summed E-state index contributed by atoms with van der Waals surface area (Å²) in [4.78, 5) is 11.1. The van der Waals surface area contributed by atoms with Crippen molar-refractivity contribution in [3.63, 3.8) is 0 Å². The van der Waals surface area contributed by atoms with Crippen LogP contribution < -0.4 is 0 Å². The molecule has 0 fully saturated rings. The summed E-state index contributed by atoms with van der Waals surface area (Å²) in [7, 11) is 1.42. The van der Waals surface area contributed by atoms with Crippen LogP contribution in [0.15, 0.2) is 0 Å². The van der Waals surface area contributed by atoms with Gasteiger partial charge >= 0.3 is 5.97 Å². The zero-order chi connectivity index (χ0) is 24.2. The molecule has 0 aliphatic rings. The summed E-state index contributed by atoms with van der Waals surface area (Å²) in [5.74, 6) is -0.174. The van der Waals surface area contributed by atoms with E-state index in [1.165, 1.54) is 142 Å². The lowest BCUT2D eigenvalue weighted by Crippen LogP contribution is -2.08. The van der Waals surface area contributed by atoms with Gasteiger partial charge in [0.25, 0.3) is 0 Å². The van der Waals surface area contributed by atoms with Crippen molar-refractivity contribution in [2.24, 2.45) is 0 Å². The average molecular weight is 469 g/mol. The SMILES string of the molecule is CCCCCCCCCCCCCCCCCCCCCCCC[C@H](O)CCCC(=O)OC. The molecule has 0 aromatic carbocycles. The molecule has 1 atom stereocenters. The number of rotatable bonds is 27. The number of unbranched alkanes of at least 4 members (excludes halogenated alkanes) is 21. The van der Waals surface area contributed by atoms with Gasteiger partial charge in [0, 0.05) is 6.42 Å². The minimum Gasteiger partial charge on any atom is -0.469 e. The van der Waals surface area contributed by atoms with Crippen LogP contribution in [0.5, 0.6) is 0 Å². The maximum absolute atomic E-state index is 11.1. The number of carbonyl (C=O) groups is 1. The lowest BCUT2D eigenvalue weighted by Gasteiger charge is -2.09. The normalized spacial score (nSPS) is 12.2. The monoisotopic (exact) mass is 468 g/mol. The predicted octanol–water partition coefficient (Wildman–Crippen LogP) is 9.68. The van der Waals surface area contributed by atoms with E-state index in [-0.39, 0.29) is 12.1 Å². The van der Waals surface area contributed by atoms with E-state index in [2.05, 4.69) is 11.7 Å². The van der Waals surface area contributed by atoms with Crippen LogP contribution in [0.1, 0.15) is 174 Å². The largest absolute Gasteiger partial charge is 0.469 e. The van der Waals surface area contributed by atoms with E-state index >= 15 is 0 Å². The van der Waals surface area contributed by atoms with E-state index in [1.54, 1.807) is 0 Å². The van der Waals surface area contributed by atoms with Gasteiger partial charge in [0.1, 0.15) is 0 Å². The fourth-order valence-corrected chi connectivity index (χ4v) is 4.72. The Kier molecular flexibility index (Phi) is 27.2. The van der Waals surface area contributed by atoms with Crippen LogP contribution in [0.2, 0.25) is 0 Å². The number of hydrogen-bond donors (Lipinski definition) is 1. The molecule has 0 saturated carbocycles. The van der Waals surface area contributed by atoms with Gasteiger partial charge in [0.15, 0.2) is 0 Å². The third-order valence-electron chi connectivity index (χ3n) is 7.04. The fraction of sp³-hybridized carbons (Fsp3) is 0.967. The van der Waals surface area contributed by atoms with Gasteiger partial charge in [-0.3, -0.25) is 4.79 Å². The second-order valence-corrected chi connectivity index (χ2v) is 10.3. The summed E-state index contributed by atoms with van der Waals surface area (Å²) in [5, 5.41) is 9.95. The van der Waals surface area contributed by atoms with Gasteiger partial charge in [-0.2, -0.15) is 0 Å². The van der Waals surface area contributed by atoms with Crippen molar-refractivity contribution in [2.45, 2.75) is 180 Å². The summed E-state index contributed by atoms with van der Waals surface area (Å²) < 4.78 is 4.62. The quantitative estimate of drug-likeness (QED) is 0.0963. The highest BCUT2D eigenvalue weighted by atomic mass is 16.5. The Bertz CT molecular complexity index is 383. The average Bonchev–Trinajstić information content (AvgIpc) is 2.82. The first kappa shape index (κ1) is 32.4. The topological polar surface area (TPSA) is 46.5 Å². The zero-order valence-corrected chi connectivity index (χ0v) is 22.7. The van der Waals surface area contributed by atoms with Gasteiger partial charge < -0.3 is 9.84 Å². The maximum Gasteiger partial charge on any atom is 0.305 e. The Balaban J connectivity index is 3.11. The van der Waals surface area contributed by atoms with Crippen molar-refractivity contribution in [2.75, 3.05) is 7.11 Å². The van der Waals surface area contributed by atoms with Gasteiger partial charge in [0.2, 0.25) is 0 Å². The highest BCUT2D eigenvalue weighted by Crippen LogP contribution is 2.16. The van der Waals surface area contributed by atoms with E-state index < -0.39 is 0 Å². The van der Waals surface area contributed by atoms with Crippen molar-refractivity contribution >= 4 is 5.97 Å². The van der Waals surface area contributed by atoms with E-state index in [0.717, 1.165) is 19.3 Å². The Labute approximate surface area is 207 Å². The molecule has 3 heteroatoms. The summed E-state index contributed by atoms with van der Waals surface area (Å²) in [6.45, 7) is 2.29. The van der Waals surface area contributed by atoms with Gasteiger partial charge in [-0.15, -0.1) is 0 Å². The Morgan fingerprint density at radius 3 is 1.18 bits per heavy atom. The predicted molar refractivity (Wildman–Crippen MR) is 144 cm³/mol. The van der Waals surface area contributed by atoms with Gasteiger partial charge in [-0.25, -0.2) is 0 Å². The molecule has 0 heterocycles. The Morgan fingerprint density at radius 1 is 0.545 bits per heavy atom. The number of methoxy groups -OCH3 is 1. The first-order chi connectivity index (χ1) is 16.2. The molecule has 0 spiro atoms. The number of carbonyl (C=O) groups excluding carboxylic acids is 1. The van der Waals surface area contributed by atoms with Crippen LogP contribution in [0.3, 0.4) is 0 Å². The van der Waals surface area contributed by atoms with E-state index in [4.69, 9.17) is 0 Å². The van der Waals surface area contributed by atoms with Gasteiger partial charge in [-0.1, -0.05) is 148 Å². The van der Waals surface area contributed by atoms with Crippen molar-refractivity contribution in [3.05, 3.63) is 0 Å². The molecule has 198 valence electrons. The number of esters is 1. The van der Waals surface area contributed by atoms with E-state index in [9.17, 15) is 9.90 Å².